The molecule has 0 aliphatic rings. The maximum atomic E-state index is 12.2. The Morgan fingerprint density at radius 1 is 1.25 bits per heavy atom. The van der Waals surface area contributed by atoms with E-state index in [1.165, 1.54) is 21.4 Å². The number of aryl methyl sites for hydroxylation is 1. The highest BCUT2D eigenvalue weighted by molar-refractivity contribution is 9.10. The Morgan fingerprint density at radius 3 is 2.65 bits per heavy atom. The maximum Gasteiger partial charge on any atom is 0.331 e. The molecule has 1 aromatic carbocycles. The van der Waals surface area contributed by atoms with Gasteiger partial charge in [-0.2, -0.15) is 0 Å². The van der Waals surface area contributed by atoms with E-state index in [0.29, 0.717) is 11.6 Å². The predicted molar refractivity (Wildman–Crippen MR) is 83.5 cm³/mol. The van der Waals surface area contributed by atoms with Crippen molar-refractivity contribution in [2.45, 2.75) is 26.4 Å². The Morgan fingerprint density at radius 2 is 2.00 bits per heavy atom. The molecular weight excluding hydrogens is 344 g/mol. The Kier molecular flexibility index (Phi) is 4.83. The molecule has 20 heavy (non-hydrogen) atoms. The molecular formula is C14H14BrClN2O2. The van der Waals surface area contributed by atoms with Gasteiger partial charge in [0.05, 0.1) is 6.54 Å². The van der Waals surface area contributed by atoms with Gasteiger partial charge in [0, 0.05) is 28.3 Å². The van der Waals surface area contributed by atoms with Gasteiger partial charge in [0.2, 0.25) is 0 Å². The number of halogens is 2. The average molecular weight is 358 g/mol. The van der Waals surface area contributed by atoms with E-state index < -0.39 is 0 Å². The van der Waals surface area contributed by atoms with E-state index in [1.54, 1.807) is 12.1 Å². The van der Waals surface area contributed by atoms with E-state index in [9.17, 15) is 9.59 Å². The van der Waals surface area contributed by atoms with E-state index in [-0.39, 0.29) is 17.8 Å². The summed E-state index contributed by atoms with van der Waals surface area (Å²) in [7, 11) is 0. The molecule has 0 unspecified atom stereocenters. The first-order chi connectivity index (χ1) is 9.52. The van der Waals surface area contributed by atoms with Crippen molar-refractivity contribution < 1.29 is 0 Å². The average Bonchev–Trinajstić information content (AvgIpc) is 2.40. The van der Waals surface area contributed by atoms with E-state index in [1.807, 2.05) is 13.0 Å². The van der Waals surface area contributed by atoms with Crippen LogP contribution >= 0.6 is 27.5 Å². The molecule has 0 N–H and O–H groups in total. The highest BCUT2D eigenvalue weighted by Gasteiger charge is 2.08. The molecule has 6 heteroatoms. The summed E-state index contributed by atoms with van der Waals surface area (Å²) < 4.78 is 3.59. The van der Waals surface area contributed by atoms with Crippen LogP contribution in [0, 0.1) is 0 Å². The molecule has 0 aliphatic heterocycles. The first-order valence-electron chi connectivity index (χ1n) is 6.27. The fourth-order valence-corrected chi connectivity index (χ4v) is 2.67. The van der Waals surface area contributed by atoms with Crippen LogP contribution in [0.25, 0.3) is 0 Å². The van der Waals surface area contributed by atoms with Crippen LogP contribution in [0.1, 0.15) is 18.9 Å². The second-order valence-corrected chi connectivity index (χ2v) is 5.77. The van der Waals surface area contributed by atoms with Crippen LogP contribution in [-0.2, 0) is 13.1 Å². The topological polar surface area (TPSA) is 44.0 Å². The van der Waals surface area contributed by atoms with Crippen molar-refractivity contribution in [1.82, 2.24) is 9.13 Å². The molecule has 0 saturated carbocycles. The van der Waals surface area contributed by atoms with Crippen LogP contribution in [0.3, 0.4) is 0 Å². The molecule has 0 radical (unpaired) electrons. The summed E-state index contributed by atoms with van der Waals surface area (Å²) in [5, 5.41) is 0.525. The highest BCUT2D eigenvalue weighted by atomic mass is 79.9. The maximum absolute atomic E-state index is 12.2. The van der Waals surface area contributed by atoms with Gasteiger partial charge in [-0.3, -0.25) is 9.36 Å². The fourth-order valence-electron chi connectivity index (χ4n) is 1.93. The lowest BCUT2D eigenvalue weighted by Crippen LogP contribution is -2.39. The molecule has 1 heterocycles. The van der Waals surface area contributed by atoms with Crippen LogP contribution in [0.5, 0.6) is 0 Å². The van der Waals surface area contributed by atoms with Crippen molar-refractivity contribution in [3.05, 3.63) is 66.4 Å². The molecule has 2 rings (SSSR count). The SMILES string of the molecule is CCCn1ccc(=O)n(Cc2ccc(Br)cc2Cl)c1=O. The molecule has 0 saturated heterocycles. The summed E-state index contributed by atoms with van der Waals surface area (Å²) in [6, 6.07) is 6.79. The van der Waals surface area contributed by atoms with E-state index in [2.05, 4.69) is 15.9 Å². The Hall–Kier alpha value is -1.33. The van der Waals surface area contributed by atoms with Crippen molar-refractivity contribution in [2.24, 2.45) is 0 Å². The van der Waals surface area contributed by atoms with Crippen molar-refractivity contribution in [3.63, 3.8) is 0 Å². The lowest BCUT2D eigenvalue weighted by Gasteiger charge is -2.10. The van der Waals surface area contributed by atoms with Crippen molar-refractivity contribution in [1.29, 1.82) is 0 Å². The third kappa shape index (κ3) is 3.22. The smallest absolute Gasteiger partial charge is 0.300 e. The minimum atomic E-state index is -0.318. The Balaban J connectivity index is 2.45. The van der Waals surface area contributed by atoms with Gasteiger partial charge in [0.1, 0.15) is 0 Å². The molecule has 0 bridgehead atoms. The van der Waals surface area contributed by atoms with Gasteiger partial charge >= 0.3 is 5.69 Å². The normalized spacial score (nSPS) is 10.8. The Bertz CT molecular complexity index is 737. The van der Waals surface area contributed by atoms with Gasteiger partial charge in [-0.15, -0.1) is 0 Å². The quantitative estimate of drug-likeness (QED) is 0.844. The van der Waals surface area contributed by atoms with Crippen LogP contribution in [0.15, 0.2) is 44.5 Å². The summed E-state index contributed by atoms with van der Waals surface area (Å²) >= 11 is 9.45. The molecule has 2 aromatic rings. The number of rotatable bonds is 4. The summed E-state index contributed by atoms with van der Waals surface area (Å²) in [5.74, 6) is 0. The number of hydrogen-bond acceptors (Lipinski definition) is 2. The molecule has 0 aliphatic carbocycles. The van der Waals surface area contributed by atoms with Gasteiger partial charge < -0.3 is 4.57 Å². The zero-order chi connectivity index (χ0) is 14.7. The van der Waals surface area contributed by atoms with E-state index in [0.717, 1.165) is 16.5 Å². The Labute approximate surface area is 129 Å². The lowest BCUT2D eigenvalue weighted by molar-refractivity contribution is 0.571. The molecule has 0 amide bonds. The fraction of sp³-hybridized carbons (Fsp3) is 0.286. The zero-order valence-corrected chi connectivity index (χ0v) is 13.3. The minimum absolute atomic E-state index is 0.175. The number of benzene rings is 1. The van der Waals surface area contributed by atoms with Crippen LogP contribution in [0.2, 0.25) is 5.02 Å². The molecule has 0 atom stereocenters. The van der Waals surface area contributed by atoms with Gasteiger partial charge in [0.25, 0.3) is 5.56 Å². The first kappa shape index (κ1) is 15.1. The van der Waals surface area contributed by atoms with Crippen LogP contribution in [-0.4, -0.2) is 9.13 Å². The lowest BCUT2D eigenvalue weighted by atomic mass is 10.2. The van der Waals surface area contributed by atoms with Crippen molar-refractivity contribution in [3.8, 4) is 0 Å². The van der Waals surface area contributed by atoms with E-state index >= 15 is 0 Å². The summed E-state index contributed by atoms with van der Waals surface area (Å²) in [6.07, 6.45) is 2.37. The molecule has 106 valence electrons. The second kappa shape index (κ2) is 6.41. The predicted octanol–water partition coefficient (Wildman–Crippen LogP) is 2.88. The standard InChI is InChI=1S/C14H14BrClN2O2/c1-2-6-17-7-5-13(19)18(14(17)20)9-10-3-4-11(15)8-12(10)16/h3-5,7-8H,2,6,9H2,1H3. The highest BCUT2D eigenvalue weighted by Crippen LogP contribution is 2.21. The largest absolute Gasteiger partial charge is 0.331 e. The number of aromatic nitrogens is 2. The van der Waals surface area contributed by atoms with Crippen LogP contribution < -0.4 is 11.2 Å². The minimum Gasteiger partial charge on any atom is -0.300 e. The summed E-state index contributed by atoms with van der Waals surface area (Å²) in [6.45, 7) is 2.75. The monoisotopic (exact) mass is 356 g/mol. The molecule has 1 aromatic heterocycles. The third-order valence-corrected chi connectivity index (χ3v) is 3.79. The molecule has 0 spiro atoms. The number of nitrogens with zero attached hydrogens (tertiary/aromatic N) is 2. The molecule has 4 nitrogen and oxygen atoms in total. The van der Waals surface area contributed by atoms with E-state index in [4.69, 9.17) is 11.6 Å². The zero-order valence-electron chi connectivity index (χ0n) is 11.0. The van der Waals surface area contributed by atoms with Crippen LogP contribution in [0.4, 0.5) is 0 Å². The van der Waals surface area contributed by atoms with Gasteiger partial charge in [0.15, 0.2) is 0 Å². The van der Waals surface area contributed by atoms with Gasteiger partial charge in [-0.05, 0) is 24.1 Å². The van der Waals surface area contributed by atoms with Gasteiger partial charge in [-0.1, -0.05) is 40.5 Å². The second-order valence-electron chi connectivity index (χ2n) is 4.45. The number of hydrogen-bond donors (Lipinski definition) is 0. The summed E-state index contributed by atoms with van der Waals surface area (Å²) in [5.41, 5.74) is 0.114. The van der Waals surface area contributed by atoms with Gasteiger partial charge in [-0.25, -0.2) is 4.79 Å². The third-order valence-electron chi connectivity index (χ3n) is 2.95. The van der Waals surface area contributed by atoms with Crippen molar-refractivity contribution in [2.75, 3.05) is 0 Å². The first-order valence-corrected chi connectivity index (χ1v) is 7.44. The summed E-state index contributed by atoms with van der Waals surface area (Å²) in [4.78, 5) is 24.1. The van der Waals surface area contributed by atoms with Crippen molar-refractivity contribution >= 4 is 27.5 Å². The molecule has 0 fully saturated rings.